The summed E-state index contributed by atoms with van der Waals surface area (Å²) in [6.45, 7) is 2.37. The van der Waals surface area contributed by atoms with E-state index in [0.29, 0.717) is 11.8 Å². The van der Waals surface area contributed by atoms with Gasteiger partial charge in [-0.25, -0.2) is 0 Å². The molecular formula is C60H43N. The van der Waals surface area contributed by atoms with Gasteiger partial charge in [0.1, 0.15) is 0 Å². The van der Waals surface area contributed by atoms with E-state index < -0.39 is 5.41 Å². The molecule has 12 rings (SSSR count). The van der Waals surface area contributed by atoms with Crippen molar-refractivity contribution in [1.82, 2.24) is 0 Å². The van der Waals surface area contributed by atoms with Gasteiger partial charge in [-0.05, 0) is 96.5 Å². The van der Waals surface area contributed by atoms with Crippen molar-refractivity contribution in [3.05, 3.63) is 264 Å². The molecule has 4 aliphatic carbocycles. The predicted molar refractivity (Wildman–Crippen MR) is 255 cm³/mol. The molecule has 8 aromatic carbocycles. The molecule has 288 valence electrons. The summed E-state index contributed by atoms with van der Waals surface area (Å²) in [7, 11) is 0. The average Bonchev–Trinajstić information content (AvgIpc) is 3.80. The number of hydrogen-bond donors (Lipinski definition) is 0. The lowest BCUT2D eigenvalue weighted by atomic mass is 9.70. The van der Waals surface area contributed by atoms with Crippen molar-refractivity contribution >= 4 is 11.4 Å². The van der Waals surface area contributed by atoms with E-state index in [1.165, 1.54) is 94.8 Å². The SMILES string of the molecule is CC1C=C(N(c2cccc(-c3ccccc3)c2-c2ccccc2-c2ccccc2)c2cccc3c2-c2ccccc2C32c3ccccc3-c3ccccc32)C=C2C=CC=CC21. The van der Waals surface area contributed by atoms with E-state index >= 15 is 0 Å². The number of rotatable bonds is 6. The van der Waals surface area contributed by atoms with Crippen LogP contribution in [0.25, 0.3) is 55.6 Å². The summed E-state index contributed by atoms with van der Waals surface area (Å²) >= 11 is 0. The first-order valence-corrected chi connectivity index (χ1v) is 21.6. The molecule has 0 saturated heterocycles. The van der Waals surface area contributed by atoms with Gasteiger partial charge in [0.25, 0.3) is 0 Å². The van der Waals surface area contributed by atoms with Gasteiger partial charge in [-0.2, -0.15) is 0 Å². The zero-order valence-electron chi connectivity index (χ0n) is 34.0. The Hall–Kier alpha value is -7.48. The Balaban J connectivity index is 1.20. The summed E-state index contributed by atoms with van der Waals surface area (Å²) < 4.78 is 0. The fourth-order valence-corrected chi connectivity index (χ4v) is 11.1. The molecule has 0 saturated carbocycles. The normalized spacial score (nSPS) is 17.1. The minimum atomic E-state index is -0.454. The third kappa shape index (κ3) is 5.27. The smallest absolute Gasteiger partial charge is 0.0726 e. The number of anilines is 2. The molecule has 61 heavy (non-hydrogen) atoms. The van der Waals surface area contributed by atoms with Crippen molar-refractivity contribution in [1.29, 1.82) is 0 Å². The van der Waals surface area contributed by atoms with E-state index in [4.69, 9.17) is 0 Å². The lowest BCUT2D eigenvalue weighted by molar-refractivity contribution is 0.576. The maximum atomic E-state index is 2.61. The molecule has 1 spiro atoms. The van der Waals surface area contributed by atoms with Gasteiger partial charge in [0.2, 0.25) is 0 Å². The van der Waals surface area contributed by atoms with Crippen LogP contribution in [0.5, 0.6) is 0 Å². The number of hydrogen-bond acceptors (Lipinski definition) is 1. The Kier molecular flexibility index (Phi) is 8.18. The molecule has 0 aliphatic heterocycles. The monoisotopic (exact) mass is 777 g/mol. The Morgan fingerprint density at radius 3 is 1.57 bits per heavy atom. The van der Waals surface area contributed by atoms with E-state index in [-0.39, 0.29) is 0 Å². The summed E-state index contributed by atoms with van der Waals surface area (Å²) in [6.07, 6.45) is 14.0. The van der Waals surface area contributed by atoms with Crippen molar-refractivity contribution < 1.29 is 0 Å². The number of benzene rings is 8. The molecule has 0 amide bonds. The van der Waals surface area contributed by atoms with Crippen LogP contribution in [0.3, 0.4) is 0 Å². The molecule has 8 aromatic rings. The molecule has 2 unspecified atom stereocenters. The minimum Gasteiger partial charge on any atom is -0.310 e. The second-order valence-electron chi connectivity index (χ2n) is 16.8. The molecule has 0 fully saturated rings. The summed E-state index contributed by atoms with van der Waals surface area (Å²) in [5.41, 5.74) is 22.2. The van der Waals surface area contributed by atoms with Gasteiger partial charge >= 0.3 is 0 Å². The molecule has 4 aliphatic rings. The lowest BCUT2D eigenvalue weighted by Gasteiger charge is -2.36. The molecule has 0 aromatic heterocycles. The Labute approximate surface area is 358 Å². The van der Waals surface area contributed by atoms with Crippen LogP contribution in [0.4, 0.5) is 11.4 Å². The van der Waals surface area contributed by atoms with E-state index in [9.17, 15) is 0 Å². The van der Waals surface area contributed by atoms with Crippen LogP contribution >= 0.6 is 0 Å². The van der Waals surface area contributed by atoms with Crippen LogP contribution in [0.1, 0.15) is 29.2 Å². The maximum Gasteiger partial charge on any atom is 0.0726 e. The summed E-state index contributed by atoms with van der Waals surface area (Å²) in [5.74, 6) is 0.626. The second-order valence-corrected chi connectivity index (χ2v) is 16.8. The summed E-state index contributed by atoms with van der Waals surface area (Å²) in [6, 6.07) is 72.1. The second kappa shape index (κ2) is 14.1. The van der Waals surface area contributed by atoms with Crippen LogP contribution in [0.15, 0.2) is 242 Å². The van der Waals surface area contributed by atoms with E-state index in [1.807, 2.05) is 0 Å². The molecule has 0 radical (unpaired) electrons. The fraction of sp³-hybridized carbons (Fsp3) is 0.0667. The van der Waals surface area contributed by atoms with Gasteiger partial charge in [0.05, 0.1) is 16.8 Å². The molecule has 0 N–H and O–H groups in total. The molecule has 2 atom stereocenters. The minimum absolute atomic E-state index is 0.292. The number of allylic oxidation sites excluding steroid dienone is 7. The van der Waals surface area contributed by atoms with Crippen molar-refractivity contribution in [2.75, 3.05) is 4.90 Å². The third-order valence-corrected chi connectivity index (χ3v) is 13.6. The van der Waals surface area contributed by atoms with Gasteiger partial charge in [0.15, 0.2) is 0 Å². The first-order chi connectivity index (χ1) is 30.2. The van der Waals surface area contributed by atoms with Gasteiger partial charge in [0, 0.05) is 22.7 Å². The zero-order chi connectivity index (χ0) is 40.5. The summed E-state index contributed by atoms with van der Waals surface area (Å²) in [5, 5.41) is 0. The molecule has 1 heteroatoms. The highest BCUT2D eigenvalue weighted by Crippen LogP contribution is 2.65. The van der Waals surface area contributed by atoms with E-state index in [1.54, 1.807) is 0 Å². The molecule has 1 nitrogen and oxygen atoms in total. The van der Waals surface area contributed by atoms with Crippen LogP contribution in [0.2, 0.25) is 0 Å². The highest BCUT2D eigenvalue weighted by atomic mass is 15.2. The first-order valence-electron chi connectivity index (χ1n) is 21.6. The van der Waals surface area contributed by atoms with Crippen LogP contribution in [0, 0.1) is 11.8 Å². The molecular weight excluding hydrogens is 735 g/mol. The largest absolute Gasteiger partial charge is 0.310 e. The Morgan fingerprint density at radius 2 is 0.902 bits per heavy atom. The van der Waals surface area contributed by atoms with Crippen molar-refractivity contribution in [2.24, 2.45) is 11.8 Å². The number of nitrogens with zero attached hydrogens (tertiary/aromatic N) is 1. The van der Waals surface area contributed by atoms with Crippen molar-refractivity contribution in [3.63, 3.8) is 0 Å². The third-order valence-electron chi connectivity index (χ3n) is 13.6. The Morgan fingerprint density at radius 1 is 0.410 bits per heavy atom. The highest BCUT2D eigenvalue weighted by molar-refractivity contribution is 6.04. The first kappa shape index (κ1) is 35.5. The van der Waals surface area contributed by atoms with Gasteiger partial charge in [-0.1, -0.05) is 219 Å². The molecule has 0 heterocycles. The van der Waals surface area contributed by atoms with E-state index in [2.05, 4.69) is 242 Å². The summed E-state index contributed by atoms with van der Waals surface area (Å²) in [4.78, 5) is 2.61. The van der Waals surface area contributed by atoms with Crippen LogP contribution < -0.4 is 4.90 Å². The van der Waals surface area contributed by atoms with Crippen LogP contribution in [-0.2, 0) is 5.41 Å². The van der Waals surface area contributed by atoms with E-state index in [0.717, 1.165) is 5.69 Å². The quantitative estimate of drug-likeness (QED) is 0.163. The topological polar surface area (TPSA) is 3.24 Å². The lowest BCUT2D eigenvalue weighted by Crippen LogP contribution is -2.26. The van der Waals surface area contributed by atoms with Crippen molar-refractivity contribution in [3.8, 4) is 55.6 Å². The predicted octanol–water partition coefficient (Wildman–Crippen LogP) is 15.4. The fourth-order valence-electron chi connectivity index (χ4n) is 11.1. The number of fused-ring (bicyclic) bond motifs is 11. The maximum absolute atomic E-state index is 2.61. The average molecular weight is 778 g/mol. The zero-order valence-corrected chi connectivity index (χ0v) is 34.0. The van der Waals surface area contributed by atoms with Gasteiger partial charge in [-0.3, -0.25) is 0 Å². The molecule has 0 bridgehead atoms. The van der Waals surface area contributed by atoms with Gasteiger partial charge in [-0.15, -0.1) is 0 Å². The highest BCUT2D eigenvalue weighted by Gasteiger charge is 2.52. The standard InChI is InChI=1S/C60H43N/c1-40-38-44(39-43-24-8-9-25-45(40)43)61(56-36-18-31-47(42-22-6-3-7-23-42)58(56)50-29-11-10-26-46(50)41-20-4-2-5-21-41)57-37-19-35-55-59(57)51-30-14-17-34-54(51)60(55)52-32-15-12-27-48(52)49-28-13-16-33-53(49)60/h2-40,45H,1H3. The van der Waals surface area contributed by atoms with Crippen LogP contribution in [-0.4, -0.2) is 0 Å². The Bertz CT molecular complexity index is 3110. The van der Waals surface area contributed by atoms with Crippen molar-refractivity contribution in [2.45, 2.75) is 12.3 Å². The van der Waals surface area contributed by atoms with Gasteiger partial charge < -0.3 is 4.90 Å².